The van der Waals surface area contributed by atoms with Gasteiger partial charge in [0, 0.05) is 32.0 Å². The molecule has 0 spiro atoms. The van der Waals surface area contributed by atoms with Crippen LogP contribution in [0.15, 0.2) is 36.7 Å². The van der Waals surface area contributed by atoms with Crippen molar-refractivity contribution in [3.05, 3.63) is 59.2 Å². The maximum absolute atomic E-state index is 4.45. The van der Waals surface area contributed by atoms with E-state index in [1.54, 1.807) is 0 Å². The van der Waals surface area contributed by atoms with Gasteiger partial charge in [-0.2, -0.15) is 0 Å². The summed E-state index contributed by atoms with van der Waals surface area (Å²) in [6.07, 6.45) is 6.40. The second-order valence-electron chi connectivity index (χ2n) is 6.57. The number of benzene rings is 1. The first-order chi connectivity index (χ1) is 11.2. The van der Waals surface area contributed by atoms with Gasteiger partial charge in [0.2, 0.25) is 0 Å². The van der Waals surface area contributed by atoms with Gasteiger partial charge in [0.15, 0.2) is 0 Å². The smallest absolute Gasteiger partial charge is 0.0727 e. The number of hydrogen-bond donors (Lipinski definition) is 0. The Balaban J connectivity index is 1.63. The van der Waals surface area contributed by atoms with E-state index in [1.165, 1.54) is 37.1 Å². The molecule has 0 saturated carbocycles. The molecule has 0 N–H and O–H groups in total. The van der Waals surface area contributed by atoms with Gasteiger partial charge < -0.3 is 0 Å². The van der Waals surface area contributed by atoms with Gasteiger partial charge in [-0.25, -0.2) is 0 Å². The average Bonchev–Trinajstić information content (AvgIpc) is 3.05. The lowest BCUT2D eigenvalue weighted by Crippen LogP contribution is -2.22. The first kappa shape index (κ1) is 16.1. The van der Waals surface area contributed by atoms with E-state index < -0.39 is 0 Å². The topological polar surface area (TPSA) is 32.3 Å². The number of likely N-dealkylation sites (tertiary alicyclic amines) is 1. The zero-order valence-electron chi connectivity index (χ0n) is 14.2. The first-order valence-corrected chi connectivity index (χ1v) is 8.46. The second kappa shape index (κ2) is 7.66. The number of aromatic nitrogens is 2. The highest BCUT2D eigenvalue weighted by Gasteiger charge is 2.14. The molecule has 0 bridgehead atoms. The van der Waals surface area contributed by atoms with E-state index in [4.69, 9.17) is 0 Å². The lowest BCUT2D eigenvalue weighted by atomic mass is 10.1. The monoisotopic (exact) mass is 310 g/mol. The number of aryl methyl sites for hydroxylation is 1. The molecule has 0 unspecified atom stereocenters. The van der Waals surface area contributed by atoms with Crippen molar-refractivity contribution in [3.8, 4) is 0 Å². The largest absolute Gasteiger partial charge is 0.299 e. The molecule has 2 heterocycles. The first-order valence-electron chi connectivity index (χ1n) is 8.46. The van der Waals surface area contributed by atoms with Crippen LogP contribution in [-0.2, 0) is 19.6 Å². The van der Waals surface area contributed by atoms with Crippen LogP contribution in [-0.4, -0.2) is 39.9 Å². The van der Waals surface area contributed by atoms with E-state index in [1.807, 2.05) is 19.3 Å². The third-order valence-electron chi connectivity index (χ3n) is 4.42. The molecule has 1 aliphatic rings. The molecule has 4 nitrogen and oxygen atoms in total. The molecule has 0 atom stereocenters. The molecule has 3 rings (SSSR count). The standard InChI is InChI=1S/C19H26N4/c1-16-11-21-19(12-20-16)15-22(2)13-17-7-3-4-8-18(17)14-23-9-5-6-10-23/h3-4,7-8,11-12H,5-6,9-10,13-15H2,1-2H3. The van der Waals surface area contributed by atoms with Gasteiger partial charge >= 0.3 is 0 Å². The highest BCUT2D eigenvalue weighted by atomic mass is 15.1. The molecule has 4 heteroatoms. The average molecular weight is 310 g/mol. The van der Waals surface area contributed by atoms with E-state index >= 15 is 0 Å². The van der Waals surface area contributed by atoms with E-state index in [0.29, 0.717) is 0 Å². The minimum absolute atomic E-state index is 0.825. The van der Waals surface area contributed by atoms with Crippen LogP contribution >= 0.6 is 0 Å². The second-order valence-corrected chi connectivity index (χ2v) is 6.57. The molecule has 0 amide bonds. The normalized spacial score (nSPS) is 15.4. The zero-order chi connectivity index (χ0) is 16.1. The highest BCUT2D eigenvalue weighted by Crippen LogP contribution is 2.17. The van der Waals surface area contributed by atoms with Crippen molar-refractivity contribution in [1.29, 1.82) is 0 Å². The van der Waals surface area contributed by atoms with Gasteiger partial charge in [-0.15, -0.1) is 0 Å². The van der Waals surface area contributed by atoms with Gasteiger partial charge in [0.05, 0.1) is 11.4 Å². The summed E-state index contributed by atoms with van der Waals surface area (Å²) in [7, 11) is 2.15. The van der Waals surface area contributed by atoms with Crippen molar-refractivity contribution in [2.75, 3.05) is 20.1 Å². The molecular weight excluding hydrogens is 284 g/mol. The Kier molecular flexibility index (Phi) is 5.36. The Morgan fingerprint density at radius 1 is 1.00 bits per heavy atom. The summed E-state index contributed by atoms with van der Waals surface area (Å²) >= 11 is 0. The summed E-state index contributed by atoms with van der Waals surface area (Å²) in [6.45, 7) is 7.29. The predicted molar refractivity (Wildman–Crippen MR) is 92.9 cm³/mol. The van der Waals surface area contributed by atoms with Crippen molar-refractivity contribution < 1.29 is 0 Å². The Bertz CT molecular complexity index is 618. The van der Waals surface area contributed by atoms with E-state index in [9.17, 15) is 0 Å². The summed E-state index contributed by atoms with van der Waals surface area (Å²) in [5, 5.41) is 0. The van der Waals surface area contributed by atoms with Crippen LogP contribution < -0.4 is 0 Å². The van der Waals surface area contributed by atoms with Crippen LogP contribution in [0.4, 0.5) is 0 Å². The molecule has 23 heavy (non-hydrogen) atoms. The van der Waals surface area contributed by atoms with E-state index in [0.717, 1.165) is 31.0 Å². The fraction of sp³-hybridized carbons (Fsp3) is 0.474. The molecule has 0 aliphatic carbocycles. The number of hydrogen-bond acceptors (Lipinski definition) is 4. The van der Waals surface area contributed by atoms with Gasteiger partial charge in [-0.1, -0.05) is 24.3 Å². The van der Waals surface area contributed by atoms with E-state index in [2.05, 4.69) is 51.1 Å². The van der Waals surface area contributed by atoms with Crippen molar-refractivity contribution in [3.63, 3.8) is 0 Å². The highest BCUT2D eigenvalue weighted by molar-refractivity contribution is 5.27. The molecule has 2 aromatic rings. The van der Waals surface area contributed by atoms with Gasteiger partial charge in [0.25, 0.3) is 0 Å². The van der Waals surface area contributed by atoms with Gasteiger partial charge in [-0.05, 0) is 51.0 Å². The summed E-state index contributed by atoms with van der Waals surface area (Å²) < 4.78 is 0. The fourth-order valence-electron chi connectivity index (χ4n) is 3.17. The quantitative estimate of drug-likeness (QED) is 0.821. The summed E-state index contributed by atoms with van der Waals surface area (Å²) in [4.78, 5) is 13.6. The third kappa shape index (κ3) is 4.60. The minimum Gasteiger partial charge on any atom is -0.299 e. The zero-order valence-corrected chi connectivity index (χ0v) is 14.2. The third-order valence-corrected chi connectivity index (χ3v) is 4.42. The van der Waals surface area contributed by atoms with Gasteiger partial charge in [0.1, 0.15) is 0 Å². The molecule has 1 saturated heterocycles. The molecule has 1 aromatic carbocycles. The lowest BCUT2D eigenvalue weighted by molar-refractivity contribution is 0.304. The minimum atomic E-state index is 0.825. The lowest BCUT2D eigenvalue weighted by Gasteiger charge is -2.21. The van der Waals surface area contributed by atoms with Gasteiger partial charge in [-0.3, -0.25) is 19.8 Å². The molecule has 0 radical (unpaired) electrons. The molecule has 122 valence electrons. The van der Waals surface area contributed by atoms with Crippen molar-refractivity contribution >= 4 is 0 Å². The molecule has 1 aliphatic heterocycles. The maximum atomic E-state index is 4.45. The van der Waals surface area contributed by atoms with Crippen molar-refractivity contribution in [2.24, 2.45) is 0 Å². The van der Waals surface area contributed by atoms with Crippen LogP contribution in [0.1, 0.15) is 35.4 Å². The molecule has 1 fully saturated rings. The number of nitrogens with zero attached hydrogens (tertiary/aromatic N) is 4. The Morgan fingerprint density at radius 3 is 2.43 bits per heavy atom. The predicted octanol–water partition coefficient (Wildman–Crippen LogP) is 3.01. The SMILES string of the molecule is Cc1cnc(CN(C)Cc2ccccc2CN2CCCC2)cn1. The molecular formula is C19H26N4. The summed E-state index contributed by atoms with van der Waals surface area (Å²) in [5.74, 6) is 0. The Hall–Kier alpha value is -1.78. The Morgan fingerprint density at radius 2 is 1.74 bits per heavy atom. The van der Waals surface area contributed by atoms with Crippen molar-refractivity contribution in [1.82, 2.24) is 19.8 Å². The number of rotatable bonds is 6. The fourth-order valence-corrected chi connectivity index (χ4v) is 3.17. The maximum Gasteiger partial charge on any atom is 0.0727 e. The van der Waals surface area contributed by atoms with Crippen LogP contribution in [0.5, 0.6) is 0 Å². The van der Waals surface area contributed by atoms with Crippen molar-refractivity contribution in [2.45, 2.75) is 39.4 Å². The molecule has 1 aromatic heterocycles. The summed E-state index contributed by atoms with van der Waals surface area (Å²) in [5.41, 5.74) is 4.86. The van der Waals surface area contributed by atoms with Crippen LogP contribution in [0.3, 0.4) is 0 Å². The van der Waals surface area contributed by atoms with Crippen LogP contribution in [0, 0.1) is 6.92 Å². The summed E-state index contributed by atoms with van der Waals surface area (Å²) in [6, 6.07) is 8.82. The van der Waals surface area contributed by atoms with Crippen LogP contribution in [0.25, 0.3) is 0 Å². The Labute approximate surface area is 139 Å². The van der Waals surface area contributed by atoms with Crippen LogP contribution in [0.2, 0.25) is 0 Å². The van der Waals surface area contributed by atoms with E-state index in [-0.39, 0.29) is 0 Å².